The van der Waals surface area contributed by atoms with Crippen LogP contribution in [-0.2, 0) is 6.18 Å². The molecule has 0 saturated carbocycles. The van der Waals surface area contributed by atoms with Crippen molar-refractivity contribution in [2.24, 2.45) is 10.9 Å². The lowest BCUT2D eigenvalue weighted by Crippen LogP contribution is -2.03. The number of fused-ring (bicyclic) bond motifs is 1. The first-order chi connectivity index (χ1) is 7.50. The van der Waals surface area contributed by atoms with Crippen LogP contribution in [0.4, 0.5) is 13.2 Å². The van der Waals surface area contributed by atoms with Crippen LogP contribution < -0.4 is 5.84 Å². The van der Waals surface area contributed by atoms with E-state index in [2.05, 4.69) is 10.1 Å². The zero-order valence-corrected chi connectivity index (χ0v) is 8.64. The zero-order chi connectivity index (χ0) is 11.8. The Balaban J connectivity index is 2.54. The van der Waals surface area contributed by atoms with E-state index in [9.17, 15) is 13.2 Å². The highest BCUT2D eigenvalue weighted by molar-refractivity contribution is 7.20. The second kappa shape index (κ2) is 3.75. The van der Waals surface area contributed by atoms with Crippen LogP contribution in [0.2, 0.25) is 0 Å². The Morgan fingerprint density at radius 3 is 2.75 bits per heavy atom. The Kier molecular flexibility index (Phi) is 2.55. The van der Waals surface area contributed by atoms with Crippen LogP contribution in [0.1, 0.15) is 10.6 Å². The van der Waals surface area contributed by atoms with Gasteiger partial charge >= 0.3 is 6.18 Å². The van der Waals surface area contributed by atoms with Gasteiger partial charge in [-0.05, 0) is 18.2 Å². The minimum Gasteiger partial charge on any atom is -0.323 e. The van der Waals surface area contributed by atoms with E-state index in [1.807, 2.05) is 0 Å². The summed E-state index contributed by atoms with van der Waals surface area (Å²) in [5.74, 6) is 4.94. The highest BCUT2D eigenvalue weighted by atomic mass is 32.1. The Morgan fingerprint density at radius 1 is 1.38 bits per heavy atom. The van der Waals surface area contributed by atoms with Crippen LogP contribution in [0.25, 0.3) is 10.2 Å². The molecule has 84 valence electrons. The number of hydrazone groups is 1. The maximum absolute atomic E-state index is 12.4. The summed E-state index contributed by atoms with van der Waals surface area (Å²) in [7, 11) is 0. The van der Waals surface area contributed by atoms with E-state index in [0.29, 0.717) is 15.2 Å². The lowest BCUT2D eigenvalue weighted by Gasteiger charge is -2.04. The minimum atomic E-state index is -4.33. The molecule has 0 aliphatic heterocycles. The third-order valence-corrected chi connectivity index (χ3v) is 2.87. The van der Waals surface area contributed by atoms with Crippen LogP contribution in [0.15, 0.2) is 23.3 Å². The lowest BCUT2D eigenvalue weighted by molar-refractivity contribution is -0.137. The largest absolute Gasteiger partial charge is 0.416 e. The van der Waals surface area contributed by atoms with Crippen molar-refractivity contribution in [3.8, 4) is 0 Å². The maximum atomic E-state index is 12.4. The molecule has 0 aliphatic rings. The first-order valence-electron chi connectivity index (χ1n) is 4.22. The van der Waals surface area contributed by atoms with Crippen molar-refractivity contribution in [3.05, 3.63) is 28.8 Å². The molecule has 1 heterocycles. The van der Waals surface area contributed by atoms with E-state index in [0.717, 1.165) is 23.5 Å². The number of hydrogen-bond acceptors (Lipinski definition) is 4. The average Bonchev–Trinajstić information content (AvgIpc) is 2.57. The Labute approximate surface area is 92.4 Å². The van der Waals surface area contributed by atoms with Gasteiger partial charge in [0.15, 0.2) is 0 Å². The molecule has 0 spiro atoms. The van der Waals surface area contributed by atoms with Crippen molar-refractivity contribution >= 4 is 27.8 Å². The smallest absolute Gasteiger partial charge is 0.323 e. The molecule has 2 N–H and O–H groups in total. The normalized spacial score (nSPS) is 12.7. The summed E-state index contributed by atoms with van der Waals surface area (Å²) < 4.78 is 37.7. The number of nitrogens with zero attached hydrogens (tertiary/aromatic N) is 2. The molecule has 0 radical (unpaired) electrons. The van der Waals surface area contributed by atoms with Crippen LogP contribution >= 0.6 is 11.3 Å². The topological polar surface area (TPSA) is 51.3 Å². The molecule has 0 bridgehead atoms. The SMILES string of the molecule is NN=Cc1nc2ccc(C(F)(F)F)cc2s1. The van der Waals surface area contributed by atoms with E-state index in [1.165, 1.54) is 12.3 Å². The second-order valence-electron chi connectivity index (χ2n) is 3.01. The number of aromatic nitrogens is 1. The van der Waals surface area contributed by atoms with Crippen molar-refractivity contribution in [2.75, 3.05) is 0 Å². The minimum absolute atomic E-state index is 0.463. The van der Waals surface area contributed by atoms with E-state index in [4.69, 9.17) is 5.84 Å². The molecule has 0 amide bonds. The average molecular weight is 245 g/mol. The second-order valence-corrected chi connectivity index (χ2v) is 4.07. The summed E-state index contributed by atoms with van der Waals surface area (Å²) in [5, 5.41) is 3.76. The van der Waals surface area contributed by atoms with Gasteiger partial charge < -0.3 is 5.84 Å². The maximum Gasteiger partial charge on any atom is 0.416 e. The number of benzene rings is 1. The van der Waals surface area contributed by atoms with E-state index >= 15 is 0 Å². The van der Waals surface area contributed by atoms with E-state index < -0.39 is 11.7 Å². The van der Waals surface area contributed by atoms with Crippen molar-refractivity contribution < 1.29 is 13.2 Å². The molecule has 0 fully saturated rings. The number of halogens is 3. The van der Waals surface area contributed by atoms with E-state index in [1.54, 1.807) is 0 Å². The summed E-state index contributed by atoms with van der Waals surface area (Å²) in [6, 6.07) is 3.41. The Hall–Kier alpha value is -1.63. The molecule has 16 heavy (non-hydrogen) atoms. The predicted octanol–water partition coefficient (Wildman–Crippen LogP) is 2.61. The van der Waals surface area contributed by atoms with Crippen LogP contribution in [0.3, 0.4) is 0 Å². The van der Waals surface area contributed by atoms with Gasteiger partial charge in [-0.15, -0.1) is 11.3 Å². The van der Waals surface area contributed by atoms with Gasteiger partial charge in [0, 0.05) is 0 Å². The zero-order valence-electron chi connectivity index (χ0n) is 7.82. The Morgan fingerprint density at radius 2 is 2.12 bits per heavy atom. The van der Waals surface area contributed by atoms with Crippen LogP contribution in [0, 0.1) is 0 Å². The van der Waals surface area contributed by atoms with Crippen LogP contribution in [0.5, 0.6) is 0 Å². The number of rotatable bonds is 1. The molecular formula is C9H6F3N3S. The number of thiazole rings is 1. The molecule has 3 nitrogen and oxygen atoms in total. The lowest BCUT2D eigenvalue weighted by atomic mass is 10.2. The van der Waals surface area contributed by atoms with Gasteiger partial charge in [-0.25, -0.2) is 4.98 Å². The molecular weight excluding hydrogens is 239 g/mol. The monoisotopic (exact) mass is 245 g/mol. The predicted molar refractivity (Wildman–Crippen MR) is 56.4 cm³/mol. The van der Waals surface area contributed by atoms with Gasteiger partial charge in [-0.1, -0.05) is 0 Å². The van der Waals surface area contributed by atoms with Gasteiger partial charge in [0.2, 0.25) is 0 Å². The summed E-state index contributed by atoms with van der Waals surface area (Å²) in [6.07, 6.45) is -3.03. The quantitative estimate of drug-likeness (QED) is 0.477. The molecule has 0 unspecified atom stereocenters. The van der Waals surface area contributed by atoms with Crippen molar-refractivity contribution in [1.29, 1.82) is 0 Å². The van der Waals surface area contributed by atoms with E-state index in [-0.39, 0.29) is 0 Å². The summed E-state index contributed by atoms with van der Waals surface area (Å²) in [4.78, 5) is 4.05. The number of hydrogen-bond donors (Lipinski definition) is 1. The first-order valence-corrected chi connectivity index (χ1v) is 5.03. The molecule has 2 aromatic rings. The summed E-state index contributed by atoms with van der Waals surface area (Å²) in [6.45, 7) is 0. The fourth-order valence-electron chi connectivity index (χ4n) is 1.24. The van der Waals surface area contributed by atoms with Gasteiger partial charge in [0.05, 0.1) is 22.0 Å². The molecule has 0 saturated heterocycles. The Bertz CT molecular complexity index is 544. The van der Waals surface area contributed by atoms with Gasteiger partial charge in [0.25, 0.3) is 0 Å². The molecule has 1 aromatic heterocycles. The standard InChI is InChI=1S/C9H6F3N3S/c10-9(11,12)5-1-2-6-7(3-5)16-8(15-6)4-14-13/h1-4H,13H2. The fraction of sp³-hybridized carbons (Fsp3) is 0.111. The number of alkyl halides is 3. The fourth-order valence-corrected chi connectivity index (χ4v) is 2.12. The van der Waals surface area contributed by atoms with Gasteiger partial charge in [-0.2, -0.15) is 18.3 Å². The third kappa shape index (κ3) is 1.99. The summed E-state index contributed by atoms with van der Waals surface area (Å²) >= 11 is 1.11. The summed E-state index contributed by atoms with van der Waals surface area (Å²) in [5.41, 5.74) is -0.173. The van der Waals surface area contributed by atoms with Gasteiger partial charge in [0.1, 0.15) is 5.01 Å². The first kappa shape index (κ1) is 10.9. The highest BCUT2D eigenvalue weighted by Crippen LogP contribution is 2.32. The van der Waals surface area contributed by atoms with Crippen molar-refractivity contribution in [2.45, 2.75) is 6.18 Å². The third-order valence-electron chi connectivity index (χ3n) is 1.92. The van der Waals surface area contributed by atoms with Crippen molar-refractivity contribution in [3.63, 3.8) is 0 Å². The number of nitrogens with two attached hydrogens (primary N) is 1. The molecule has 0 atom stereocenters. The van der Waals surface area contributed by atoms with Crippen LogP contribution in [-0.4, -0.2) is 11.2 Å². The molecule has 7 heteroatoms. The molecule has 0 aliphatic carbocycles. The highest BCUT2D eigenvalue weighted by Gasteiger charge is 2.30. The van der Waals surface area contributed by atoms with Crippen molar-refractivity contribution in [1.82, 2.24) is 4.98 Å². The molecule has 2 rings (SSSR count). The molecule has 1 aromatic carbocycles. The van der Waals surface area contributed by atoms with Gasteiger partial charge in [-0.3, -0.25) is 0 Å².